The molecule has 1 N–H and O–H groups in total. The van der Waals surface area contributed by atoms with Crippen LogP contribution in [0.3, 0.4) is 0 Å². The summed E-state index contributed by atoms with van der Waals surface area (Å²) in [5.74, 6) is 1.44. The van der Waals surface area contributed by atoms with Gasteiger partial charge in [0.2, 0.25) is 0 Å². The summed E-state index contributed by atoms with van der Waals surface area (Å²) in [6.45, 7) is 6.42. The molecular formula is C14H24N2O3S. The van der Waals surface area contributed by atoms with Crippen molar-refractivity contribution < 1.29 is 13.2 Å². The fourth-order valence-electron chi connectivity index (χ4n) is 1.60. The maximum Gasteiger partial charge on any atom is 0.147 e. The first-order chi connectivity index (χ1) is 9.37. The van der Waals surface area contributed by atoms with E-state index in [1.807, 2.05) is 12.1 Å². The van der Waals surface area contributed by atoms with Crippen LogP contribution >= 0.6 is 0 Å². The summed E-state index contributed by atoms with van der Waals surface area (Å²) in [6, 6.07) is 3.78. The number of pyridine rings is 1. The Morgan fingerprint density at radius 1 is 1.35 bits per heavy atom. The molecule has 0 saturated carbocycles. The van der Waals surface area contributed by atoms with Crippen LogP contribution in [0.5, 0.6) is 5.75 Å². The third-order valence-corrected chi connectivity index (χ3v) is 3.61. The fraction of sp³-hybridized carbons (Fsp3) is 0.643. The molecule has 114 valence electrons. The van der Waals surface area contributed by atoms with Crippen LogP contribution in [0.4, 0.5) is 0 Å². The molecule has 0 aliphatic rings. The fourth-order valence-corrected chi connectivity index (χ4v) is 2.24. The van der Waals surface area contributed by atoms with Gasteiger partial charge in [0.25, 0.3) is 0 Å². The molecule has 0 fully saturated rings. The molecule has 0 atom stereocenters. The van der Waals surface area contributed by atoms with Gasteiger partial charge in [0.15, 0.2) is 0 Å². The molecule has 0 aliphatic heterocycles. The lowest BCUT2D eigenvalue weighted by Gasteiger charge is -2.08. The Kier molecular flexibility index (Phi) is 6.95. The first kappa shape index (κ1) is 16.9. The number of nitrogens with zero attached hydrogens (tertiary/aromatic N) is 1. The molecule has 0 aliphatic carbocycles. The van der Waals surface area contributed by atoms with E-state index in [9.17, 15) is 8.42 Å². The van der Waals surface area contributed by atoms with Crippen molar-refractivity contribution in [1.29, 1.82) is 0 Å². The Balaban J connectivity index is 2.28. The Morgan fingerprint density at radius 2 is 2.10 bits per heavy atom. The van der Waals surface area contributed by atoms with E-state index in [1.54, 1.807) is 6.20 Å². The standard InChI is InChI=1S/C14H24N2O3S/c1-12(2)9-15-10-13-5-6-14(11-16-13)19-7-4-8-20(3,17)18/h5-6,11-12,15H,4,7-10H2,1-3H3. The lowest BCUT2D eigenvalue weighted by atomic mass is 10.2. The molecule has 1 heterocycles. The van der Waals surface area contributed by atoms with Gasteiger partial charge in [0, 0.05) is 12.8 Å². The van der Waals surface area contributed by atoms with Gasteiger partial charge < -0.3 is 10.1 Å². The summed E-state index contributed by atoms with van der Waals surface area (Å²) in [4.78, 5) is 4.30. The molecule has 0 saturated heterocycles. The van der Waals surface area contributed by atoms with Crippen molar-refractivity contribution >= 4 is 9.84 Å². The SMILES string of the molecule is CC(C)CNCc1ccc(OCCCS(C)(=O)=O)cn1. The minimum Gasteiger partial charge on any atom is -0.492 e. The first-order valence-electron chi connectivity index (χ1n) is 6.83. The van der Waals surface area contributed by atoms with Crippen LogP contribution in [0.1, 0.15) is 26.0 Å². The molecule has 6 heteroatoms. The zero-order valence-corrected chi connectivity index (χ0v) is 13.2. The van der Waals surface area contributed by atoms with Crippen LogP contribution in [0.15, 0.2) is 18.3 Å². The molecule has 0 amide bonds. The molecule has 20 heavy (non-hydrogen) atoms. The van der Waals surface area contributed by atoms with Crippen molar-refractivity contribution in [3.8, 4) is 5.75 Å². The number of nitrogens with one attached hydrogen (secondary N) is 1. The second kappa shape index (κ2) is 8.21. The van der Waals surface area contributed by atoms with Crippen LogP contribution in [-0.4, -0.2) is 38.6 Å². The molecule has 1 rings (SSSR count). The van der Waals surface area contributed by atoms with Crippen molar-refractivity contribution in [2.75, 3.05) is 25.2 Å². The summed E-state index contributed by atoms with van der Waals surface area (Å²) in [6.07, 6.45) is 3.40. The molecule has 0 aromatic carbocycles. The highest BCUT2D eigenvalue weighted by Crippen LogP contribution is 2.09. The van der Waals surface area contributed by atoms with E-state index in [2.05, 4.69) is 24.1 Å². The summed E-state index contributed by atoms with van der Waals surface area (Å²) in [7, 11) is -2.91. The van der Waals surface area contributed by atoms with Crippen molar-refractivity contribution in [2.24, 2.45) is 5.92 Å². The maximum atomic E-state index is 11.0. The van der Waals surface area contributed by atoms with E-state index in [1.165, 1.54) is 6.26 Å². The number of ether oxygens (including phenoxy) is 1. The minimum atomic E-state index is -2.91. The van der Waals surface area contributed by atoms with Gasteiger partial charge in [-0.1, -0.05) is 13.8 Å². The number of rotatable bonds is 9. The number of hydrogen-bond donors (Lipinski definition) is 1. The van der Waals surface area contributed by atoms with Gasteiger partial charge in [-0.3, -0.25) is 4.98 Å². The van der Waals surface area contributed by atoms with E-state index in [-0.39, 0.29) is 5.75 Å². The quantitative estimate of drug-likeness (QED) is 0.702. The number of aromatic nitrogens is 1. The highest BCUT2D eigenvalue weighted by Gasteiger charge is 2.02. The van der Waals surface area contributed by atoms with Crippen LogP contribution in [0.2, 0.25) is 0 Å². The van der Waals surface area contributed by atoms with E-state index in [0.29, 0.717) is 24.7 Å². The largest absolute Gasteiger partial charge is 0.492 e. The summed E-state index contributed by atoms with van der Waals surface area (Å²) in [5, 5.41) is 3.32. The molecule has 0 spiro atoms. The van der Waals surface area contributed by atoms with E-state index >= 15 is 0 Å². The zero-order chi connectivity index (χ0) is 15.0. The smallest absolute Gasteiger partial charge is 0.147 e. The molecule has 0 radical (unpaired) electrons. The summed E-state index contributed by atoms with van der Waals surface area (Å²) in [5.41, 5.74) is 0.967. The van der Waals surface area contributed by atoms with Crippen molar-refractivity contribution in [3.05, 3.63) is 24.0 Å². The third-order valence-electron chi connectivity index (χ3n) is 2.58. The predicted octanol–water partition coefficient (Wildman–Crippen LogP) is 1.64. The van der Waals surface area contributed by atoms with Crippen LogP contribution in [0.25, 0.3) is 0 Å². The lowest BCUT2D eigenvalue weighted by Crippen LogP contribution is -2.19. The van der Waals surface area contributed by atoms with Gasteiger partial charge in [0.1, 0.15) is 15.6 Å². The second-order valence-corrected chi connectivity index (χ2v) is 7.60. The number of hydrogen-bond acceptors (Lipinski definition) is 5. The molecular weight excluding hydrogens is 276 g/mol. The highest BCUT2D eigenvalue weighted by atomic mass is 32.2. The number of sulfone groups is 1. The predicted molar refractivity (Wildman–Crippen MR) is 80.6 cm³/mol. The Bertz CT molecular complexity index is 484. The van der Waals surface area contributed by atoms with E-state index in [4.69, 9.17) is 4.74 Å². The van der Waals surface area contributed by atoms with Crippen LogP contribution < -0.4 is 10.1 Å². The third kappa shape index (κ3) is 8.12. The van der Waals surface area contributed by atoms with Gasteiger partial charge in [-0.15, -0.1) is 0 Å². The summed E-state index contributed by atoms with van der Waals surface area (Å²) >= 11 is 0. The van der Waals surface area contributed by atoms with Crippen LogP contribution in [0, 0.1) is 5.92 Å². The van der Waals surface area contributed by atoms with Gasteiger partial charge >= 0.3 is 0 Å². The van der Waals surface area contributed by atoms with Crippen molar-refractivity contribution in [3.63, 3.8) is 0 Å². The van der Waals surface area contributed by atoms with Crippen LogP contribution in [-0.2, 0) is 16.4 Å². The minimum absolute atomic E-state index is 0.150. The Morgan fingerprint density at radius 3 is 2.65 bits per heavy atom. The maximum absolute atomic E-state index is 11.0. The Labute approximate surface area is 121 Å². The van der Waals surface area contributed by atoms with Gasteiger partial charge in [-0.25, -0.2) is 8.42 Å². The second-order valence-electron chi connectivity index (χ2n) is 5.34. The van der Waals surface area contributed by atoms with E-state index < -0.39 is 9.84 Å². The van der Waals surface area contributed by atoms with Gasteiger partial charge in [0.05, 0.1) is 24.3 Å². The Hall–Kier alpha value is -1.14. The van der Waals surface area contributed by atoms with Crippen molar-refractivity contribution in [2.45, 2.75) is 26.8 Å². The molecule has 0 unspecified atom stereocenters. The normalized spacial score (nSPS) is 11.8. The molecule has 1 aromatic heterocycles. The molecule has 1 aromatic rings. The molecule has 0 bridgehead atoms. The lowest BCUT2D eigenvalue weighted by molar-refractivity contribution is 0.316. The highest BCUT2D eigenvalue weighted by molar-refractivity contribution is 7.90. The zero-order valence-electron chi connectivity index (χ0n) is 12.4. The van der Waals surface area contributed by atoms with E-state index in [0.717, 1.165) is 18.8 Å². The average Bonchev–Trinajstić information content (AvgIpc) is 2.35. The molecule has 5 nitrogen and oxygen atoms in total. The topological polar surface area (TPSA) is 68.3 Å². The summed E-state index contributed by atoms with van der Waals surface area (Å²) < 4.78 is 27.4. The van der Waals surface area contributed by atoms with Crippen molar-refractivity contribution in [1.82, 2.24) is 10.3 Å². The van der Waals surface area contributed by atoms with Gasteiger partial charge in [-0.2, -0.15) is 0 Å². The monoisotopic (exact) mass is 300 g/mol. The first-order valence-corrected chi connectivity index (χ1v) is 8.89. The average molecular weight is 300 g/mol. The van der Waals surface area contributed by atoms with Gasteiger partial charge in [-0.05, 0) is 31.0 Å².